The SMILES string of the molecule is COC(=O)/C=C/CN(c1ccccc1C=C(C(=O)OC)C(=O)OC)S(=O)(=O)c1ccc(C)cc1. The molecule has 2 aromatic rings. The first-order chi connectivity index (χ1) is 16.1. The van der Waals surface area contributed by atoms with Crippen LogP contribution >= 0.6 is 0 Å². The van der Waals surface area contributed by atoms with Gasteiger partial charge in [-0.1, -0.05) is 42.0 Å². The number of benzene rings is 2. The van der Waals surface area contributed by atoms with E-state index in [0.29, 0.717) is 0 Å². The molecule has 34 heavy (non-hydrogen) atoms. The highest BCUT2D eigenvalue weighted by atomic mass is 32.2. The van der Waals surface area contributed by atoms with Crippen molar-refractivity contribution in [3.8, 4) is 0 Å². The van der Waals surface area contributed by atoms with E-state index < -0.39 is 33.5 Å². The van der Waals surface area contributed by atoms with Gasteiger partial charge in [-0.3, -0.25) is 4.31 Å². The maximum atomic E-state index is 13.6. The summed E-state index contributed by atoms with van der Waals surface area (Å²) in [6.07, 6.45) is 3.62. The van der Waals surface area contributed by atoms with Crippen LogP contribution in [0.15, 0.2) is 71.2 Å². The molecule has 0 N–H and O–H groups in total. The van der Waals surface area contributed by atoms with Crippen molar-refractivity contribution in [1.29, 1.82) is 0 Å². The molecular formula is C24H25NO8S. The van der Waals surface area contributed by atoms with Gasteiger partial charge in [0, 0.05) is 6.08 Å². The Kier molecular flexibility index (Phi) is 9.14. The minimum atomic E-state index is -4.12. The third-order valence-electron chi connectivity index (χ3n) is 4.65. The Labute approximate surface area is 198 Å². The van der Waals surface area contributed by atoms with Crippen LogP contribution in [0.4, 0.5) is 5.69 Å². The van der Waals surface area contributed by atoms with Crippen molar-refractivity contribution in [2.75, 3.05) is 32.2 Å². The van der Waals surface area contributed by atoms with E-state index in [4.69, 9.17) is 0 Å². The summed E-state index contributed by atoms with van der Waals surface area (Å²) in [7, 11) is -0.698. The lowest BCUT2D eigenvalue weighted by Crippen LogP contribution is -2.32. The van der Waals surface area contributed by atoms with Gasteiger partial charge >= 0.3 is 17.9 Å². The fourth-order valence-corrected chi connectivity index (χ4v) is 4.33. The molecule has 0 atom stereocenters. The smallest absolute Gasteiger partial charge is 0.345 e. The molecule has 10 heteroatoms. The van der Waals surface area contributed by atoms with E-state index in [-0.39, 0.29) is 22.7 Å². The van der Waals surface area contributed by atoms with Crippen LogP contribution in [0, 0.1) is 6.92 Å². The number of ether oxygens (including phenoxy) is 3. The topological polar surface area (TPSA) is 116 Å². The van der Waals surface area contributed by atoms with Gasteiger partial charge in [0.1, 0.15) is 5.57 Å². The van der Waals surface area contributed by atoms with Gasteiger partial charge in [0.05, 0.1) is 38.5 Å². The molecule has 0 bridgehead atoms. The van der Waals surface area contributed by atoms with Crippen LogP contribution in [-0.2, 0) is 38.6 Å². The van der Waals surface area contributed by atoms with Gasteiger partial charge in [-0.05, 0) is 36.8 Å². The van der Waals surface area contributed by atoms with Crippen molar-refractivity contribution >= 4 is 39.7 Å². The second-order valence-corrected chi connectivity index (χ2v) is 8.74. The molecule has 0 unspecified atom stereocenters. The van der Waals surface area contributed by atoms with Crippen LogP contribution in [-0.4, -0.2) is 54.2 Å². The summed E-state index contributed by atoms with van der Waals surface area (Å²) in [5.41, 5.74) is 0.841. The second kappa shape index (κ2) is 11.8. The van der Waals surface area contributed by atoms with Gasteiger partial charge in [0.15, 0.2) is 0 Å². The van der Waals surface area contributed by atoms with Crippen LogP contribution in [0.25, 0.3) is 6.08 Å². The molecule has 0 aliphatic heterocycles. The Hall–Kier alpha value is -3.92. The predicted octanol–water partition coefficient (Wildman–Crippen LogP) is 2.65. The largest absolute Gasteiger partial charge is 0.466 e. The Balaban J connectivity index is 2.70. The average Bonchev–Trinajstić information content (AvgIpc) is 2.84. The summed E-state index contributed by atoms with van der Waals surface area (Å²) in [5, 5.41) is 0. The molecular weight excluding hydrogens is 462 g/mol. The molecule has 0 heterocycles. The van der Waals surface area contributed by atoms with Crippen molar-refractivity contribution < 1.29 is 37.0 Å². The molecule has 0 spiro atoms. The van der Waals surface area contributed by atoms with Crippen LogP contribution in [0.3, 0.4) is 0 Å². The van der Waals surface area contributed by atoms with E-state index in [1.165, 1.54) is 43.5 Å². The molecule has 0 aliphatic carbocycles. The Bertz CT molecular complexity index is 1200. The van der Waals surface area contributed by atoms with E-state index in [1.54, 1.807) is 24.3 Å². The number of rotatable bonds is 9. The average molecular weight is 488 g/mol. The number of methoxy groups -OCH3 is 3. The third-order valence-corrected chi connectivity index (χ3v) is 6.45. The highest BCUT2D eigenvalue weighted by Crippen LogP contribution is 2.29. The summed E-state index contributed by atoms with van der Waals surface area (Å²) in [6, 6.07) is 12.5. The maximum Gasteiger partial charge on any atom is 0.345 e. The van der Waals surface area contributed by atoms with Gasteiger partial charge in [0.25, 0.3) is 10.0 Å². The van der Waals surface area contributed by atoms with Crippen molar-refractivity contribution in [2.45, 2.75) is 11.8 Å². The molecule has 0 aromatic heterocycles. The minimum absolute atomic E-state index is 0.0181. The monoisotopic (exact) mass is 487 g/mol. The number of para-hydroxylation sites is 1. The summed E-state index contributed by atoms with van der Waals surface area (Å²) >= 11 is 0. The molecule has 2 rings (SSSR count). The Morgan fingerprint density at radius 1 is 0.882 bits per heavy atom. The quantitative estimate of drug-likeness (QED) is 0.174. The van der Waals surface area contributed by atoms with E-state index in [1.807, 2.05) is 6.92 Å². The summed E-state index contributed by atoms with van der Waals surface area (Å²) in [4.78, 5) is 35.8. The molecule has 0 aliphatic rings. The van der Waals surface area contributed by atoms with Crippen LogP contribution < -0.4 is 4.31 Å². The first-order valence-corrected chi connectivity index (χ1v) is 11.4. The number of esters is 3. The second-order valence-electron chi connectivity index (χ2n) is 6.87. The van der Waals surface area contributed by atoms with E-state index in [2.05, 4.69) is 14.2 Å². The number of aryl methyl sites for hydroxylation is 1. The summed E-state index contributed by atoms with van der Waals surface area (Å²) in [5.74, 6) is -2.54. The van der Waals surface area contributed by atoms with Crippen LogP contribution in [0.2, 0.25) is 0 Å². The van der Waals surface area contributed by atoms with Gasteiger partial charge in [-0.15, -0.1) is 0 Å². The number of sulfonamides is 1. The highest BCUT2D eigenvalue weighted by Gasteiger charge is 2.27. The first-order valence-electron chi connectivity index (χ1n) is 9.97. The van der Waals surface area contributed by atoms with Crippen molar-refractivity contribution in [2.24, 2.45) is 0 Å². The lowest BCUT2D eigenvalue weighted by Gasteiger charge is -2.25. The Morgan fingerprint density at radius 2 is 1.47 bits per heavy atom. The van der Waals surface area contributed by atoms with Crippen molar-refractivity contribution in [1.82, 2.24) is 0 Å². The summed E-state index contributed by atoms with van der Waals surface area (Å²) in [6.45, 7) is 1.59. The van der Waals surface area contributed by atoms with Gasteiger partial charge < -0.3 is 14.2 Å². The first kappa shape index (κ1) is 26.3. The third kappa shape index (κ3) is 6.32. The van der Waals surface area contributed by atoms with Gasteiger partial charge in [-0.2, -0.15) is 0 Å². The van der Waals surface area contributed by atoms with Crippen molar-refractivity contribution in [3.63, 3.8) is 0 Å². The van der Waals surface area contributed by atoms with Gasteiger partial charge in [0.2, 0.25) is 0 Å². The van der Waals surface area contributed by atoms with E-state index in [0.717, 1.165) is 30.2 Å². The molecule has 0 fully saturated rings. The molecule has 0 radical (unpaired) electrons. The number of carbonyl (C=O) groups excluding carboxylic acids is 3. The van der Waals surface area contributed by atoms with Gasteiger partial charge in [-0.25, -0.2) is 22.8 Å². The minimum Gasteiger partial charge on any atom is -0.466 e. The molecule has 0 saturated heterocycles. The van der Waals surface area contributed by atoms with Crippen LogP contribution in [0.1, 0.15) is 11.1 Å². The number of nitrogens with zero attached hydrogens (tertiary/aromatic N) is 1. The fraction of sp³-hybridized carbons (Fsp3) is 0.208. The molecule has 2 aromatic carbocycles. The van der Waals surface area contributed by atoms with Crippen LogP contribution in [0.5, 0.6) is 0 Å². The summed E-state index contributed by atoms with van der Waals surface area (Å²) < 4.78 is 42.1. The number of anilines is 1. The predicted molar refractivity (Wildman–Crippen MR) is 125 cm³/mol. The zero-order valence-corrected chi connectivity index (χ0v) is 20.0. The molecule has 0 amide bonds. The molecule has 180 valence electrons. The fourth-order valence-electron chi connectivity index (χ4n) is 2.89. The number of carbonyl (C=O) groups is 3. The van der Waals surface area contributed by atoms with Crippen molar-refractivity contribution in [3.05, 3.63) is 77.4 Å². The maximum absolute atomic E-state index is 13.6. The lowest BCUT2D eigenvalue weighted by molar-refractivity contribution is -0.144. The lowest BCUT2D eigenvalue weighted by atomic mass is 10.1. The van der Waals surface area contributed by atoms with E-state index >= 15 is 0 Å². The standard InChI is InChI=1S/C24H25NO8S/c1-17-11-13-19(14-12-17)34(29,30)25(15-7-10-22(26)31-2)21-9-6-5-8-18(21)16-20(23(27)32-3)24(28)33-4/h5-14,16H,15H2,1-4H3/b10-7+. The Morgan fingerprint density at radius 3 is 2.03 bits per heavy atom. The normalized spacial score (nSPS) is 10.9. The zero-order chi connectivity index (χ0) is 25.3. The number of hydrogen-bond donors (Lipinski definition) is 0. The molecule has 0 saturated carbocycles. The zero-order valence-electron chi connectivity index (χ0n) is 19.2. The molecule has 9 nitrogen and oxygen atoms in total. The number of hydrogen-bond acceptors (Lipinski definition) is 8. The van der Waals surface area contributed by atoms with E-state index in [9.17, 15) is 22.8 Å². The highest BCUT2D eigenvalue weighted by molar-refractivity contribution is 7.92.